The van der Waals surface area contributed by atoms with Crippen molar-refractivity contribution in [3.8, 4) is 0 Å². The van der Waals surface area contributed by atoms with Gasteiger partial charge in [-0.2, -0.15) is 0 Å². The monoisotopic (exact) mass is 298 g/mol. The molecule has 112 valence electrons. The van der Waals surface area contributed by atoms with Gasteiger partial charge in [-0.3, -0.25) is 9.88 Å². The normalized spacial score (nSPS) is 17.2. The van der Waals surface area contributed by atoms with Crippen molar-refractivity contribution in [2.24, 2.45) is 0 Å². The van der Waals surface area contributed by atoms with E-state index >= 15 is 0 Å². The third-order valence-corrected chi connectivity index (χ3v) is 4.77. The van der Waals surface area contributed by atoms with Crippen molar-refractivity contribution in [3.05, 3.63) is 29.6 Å². The second kappa shape index (κ2) is 7.12. The molecule has 2 heterocycles. The fourth-order valence-corrected chi connectivity index (χ4v) is 3.14. The molecule has 0 atom stereocenters. The minimum atomic E-state index is -3.25. The number of sulfonamides is 1. The molecule has 6 nitrogen and oxygen atoms in total. The number of aryl methyl sites for hydroxylation is 1. The van der Waals surface area contributed by atoms with Gasteiger partial charge in [0.15, 0.2) is 0 Å². The van der Waals surface area contributed by atoms with Crippen LogP contribution in [0.3, 0.4) is 0 Å². The van der Waals surface area contributed by atoms with Crippen LogP contribution in [0.25, 0.3) is 0 Å². The largest absolute Gasteiger partial charge is 0.314 e. The molecule has 0 aromatic carbocycles. The molecule has 2 N–H and O–H groups in total. The lowest BCUT2D eigenvalue weighted by Crippen LogP contribution is -2.45. The van der Waals surface area contributed by atoms with E-state index in [1.807, 2.05) is 19.1 Å². The van der Waals surface area contributed by atoms with E-state index in [1.165, 1.54) is 0 Å². The Morgan fingerprint density at radius 1 is 1.40 bits per heavy atom. The Labute approximate surface area is 120 Å². The minimum Gasteiger partial charge on any atom is -0.314 e. The van der Waals surface area contributed by atoms with Gasteiger partial charge < -0.3 is 5.32 Å². The molecular weight excluding hydrogens is 276 g/mol. The first kappa shape index (κ1) is 15.4. The van der Waals surface area contributed by atoms with E-state index in [1.54, 1.807) is 6.20 Å². The number of rotatable bonds is 6. The second-order valence-electron chi connectivity index (χ2n) is 5.00. The maximum atomic E-state index is 12.0. The predicted octanol–water partition coefficient (Wildman–Crippen LogP) is -0.285. The van der Waals surface area contributed by atoms with E-state index in [-0.39, 0.29) is 12.3 Å². The van der Waals surface area contributed by atoms with Crippen molar-refractivity contribution >= 4 is 10.0 Å². The summed E-state index contributed by atoms with van der Waals surface area (Å²) in [4.78, 5) is 6.35. The minimum absolute atomic E-state index is 0.138. The number of hydrogen-bond acceptors (Lipinski definition) is 5. The van der Waals surface area contributed by atoms with Crippen LogP contribution < -0.4 is 10.0 Å². The molecule has 20 heavy (non-hydrogen) atoms. The van der Waals surface area contributed by atoms with Crippen LogP contribution in [-0.2, 0) is 16.6 Å². The molecule has 1 fully saturated rings. The molecule has 7 heteroatoms. The van der Waals surface area contributed by atoms with Gasteiger partial charge in [0.05, 0.1) is 18.0 Å². The Morgan fingerprint density at radius 2 is 2.15 bits per heavy atom. The van der Waals surface area contributed by atoms with Gasteiger partial charge in [0.25, 0.3) is 0 Å². The number of hydrogen-bond donors (Lipinski definition) is 2. The Balaban J connectivity index is 1.80. The highest BCUT2D eigenvalue weighted by molar-refractivity contribution is 7.89. The first-order valence-corrected chi connectivity index (χ1v) is 8.53. The van der Waals surface area contributed by atoms with Crippen LogP contribution in [-0.4, -0.2) is 56.8 Å². The van der Waals surface area contributed by atoms with E-state index in [9.17, 15) is 8.42 Å². The summed E-state index contributed by atoms with van der Waals surface area (Å²) in [5.74, 6) is 0.138. The molecule has 0 saturated carbocycles. The van der Waals surface area contributed by atoms with Crippen LogP contribution in [0.15, 0.2) is 18.3 Å². The lowest BCUT2D eigenvalue weighted by molar-refractivity contribution is 0.253. The van der Waals surface area contributed by atoms with E-state index in [0.717, 1.165) is 37.4 Å². The maximum absolute atomic E-state index is 12.0. The third kappa shape index (κ3) is 4.82. The van der Waals surface area contributed by atoms with Crippen molar-refractivity contribution in [2.75, 3.05) is 38.5 Å². The molecule has 1 saturated heterocycles. The van der Waals surface area contributed by atoms with E-state index < -0.39 is 10.0 Å². The summed E-state index contributed by atoms with van der Waals surface area (Å²) in [5.41, 5.74) is 1.77. The van der Waals surface area contributed by atoms with Crippen molar-refractivity contribution in [1.82, 2.24) is 19.9 Å². The number of piperazine rings is 1. The predicted molar refractivity (Wildman–Crippen MR) is 78.9 cm³/mol. The fraction of sp³-hybridized carbons (Fsp3) is 0.615. The van der Waals surface area contributed by atoms with Gasteiger partial charge in [0, 0.05) is 38.9 Å². The summed E-state index contributed by atoms with van der Waals surface area (Å²) in [7, 11) is -3.25. The molecule has 1 aliphatic heterocycles. The highest BCUT2D eigenvalue weighted by Crippen LogP contribution is 2.03. The average molecular weight is 298 g/mol. The van der Waals surface area contributed by atoms with Gasteiger partial charge >= 0.3 is 0 Å². The van der Waals surface area contributed by atoms with E-state index in [2.05, 4.69) is 19.9 Å². The van der Waals surface area contributed by atoms with Gasteiger partial charge in [0.1, 0.15) is 0 Å². The standard InChI is InChI=1S/C13H22N4O2S/c1-12-3-2-4-15-13(12)11-16-20(18,19)10-9-17-7-5-14-6-8-17/h2-4,14,16H,5-11H2,1H3. The average Bonchev–Trinajstić information content (AvgIpc) is 2.46. The molecule has 0 spiro atoms. The molecule has 1 aliphatic rings. The maximum Gasteiger partial charge on any atom is 0.213 e. The van der Waals surface area contributed by atoms with Crippen LogP contribution >= 0.6 is 0 Å². The van der Waals surface area contributed by atoms with Crippen LogP contribution in [0.1, 0.15) is 11.3 Å². The van der Waals surface area contributed by atoms with Gasteiger partial charge in [-0.25, -0.2) is 13.1 Å². The SMILES string of the molecule is Cc1cccnc1CNS(=O)(=O)CCN1CCNCC1. The molecule has 0 bridgehead atoms. The Morgan fingerprint density at radius 3 is 2.85 bits per heavy atom. The highest BCUT2D eigenvalue weighted by Gasteiger charge is 2.15. The molecule has 0 radical (unpaired) electrons. The van der Waals surface area contributed by atoms with Crippen LogP contribution in [0.5, 0.6) is 0 Å². The summed E-state index contributed by atoms with van der Waals surface area (Å²) < 4.78 is 26.6. The number of pyridine rings is 1. The molecule has 0 unspecified atom stereocenters. The molecule has 1 aromatic rings. The summed E-state index contributed by atoms with van der Waals surface area (Å²) in [5, 5.41) is 3.25. The molecule has 2 rings (SSSR count). The van der Waals surface area contributed by atoms with Gasteiger partial charge in [-0.1, -0.05) is 6.07 Å². The smallest absolute Gasteiger partial charge is 0.213 e. The van der Waals surface area contributed by atoms with Crippen molar-refractivity contribution in [2.45, 2.75) is 13.5 Å². The van der Waals surface area contributed by atoms with Crippen LogP contribution in [0.4, 0.5) is 0 Å². The van der Waals surface area contributed by atoms with E-state index in [0.29, 0.717) is 6.54 Å². The zero-order valence-electron chi connectivity index (χ0n) is 11.8. The van der Waals surface area contributed by atoms with Crippen LogP contribution in [0.2, 0.25) is 0 Å². The van der Waals surface area contributed by atoms with Gasteiger partial charge in [-0.05, 0) is 18.6 Å². The molecule has 0 aliphatic carbocycles. The quantitative estimate of drug-likeness (QED) is 0.755. The first-order chi connectivity index (χ1) is 9.57. The Bertz CT molecular complexity index is 527. The van der Waals surface area contributed by atoms with Crippen LogP contribution in [0, 0.1) is 6.92 Å². The van der Waals surface area contributed by atoms with Crippen molar-refractivity contribution < 1.29 is 8.42 Å². The Kier molecular flexibility index (Phi) is 5.47. The molecular formula is C13H22N4O2S. The summed E-state index contributed by atoms with van der Waals surface area (Å²) in [6.45, 7) is 6.46. The van der Waals surface area contributed by atoms with Crippen molar-refractivity contribution in [1.29, 1.82) is 0 Å². The van der Waals surface area contributed by atoms with Crippen molar-refractivity contribution in [3.63, 3.8) is 0 Å². The Hall–Kier alpha value is -1.02. The number of aromatic nitrogens is 1. The number of nitrogens with zero attached hydrogens (tertiary/aromatic N) is 2. The third-order valence-electron chi connectivity index (χ3n) is 3.46. The van der Waals surface area contributed by atoms with E-state index in [4.69, 9.17) is 0 Å². The zero-order valence-corrected chi connectivity index (χ0v) is 12.6. The highest BCUT2D eigenvalue weighted by atomic mass is 32.2. The summed E-state index contributed by atoms with van der Waals surface area (Å²) in [6, 6.07) is 3.77. The second-order valence-corrected chi connectivity index (χ2v) is 6.93. The topological polar surface area (TPSA) is 74.3 Å². The first-order valence-electron chi connectivity index (χ1n) is 6.88. The van der Waals surface area contributed by atoms with Gasteiger partial charge in [-0.15, -0.1) is 0 Å². The zero-order chi connectivity index (χ0) is 14.4. The molecule has 0 amide bonds. The fourth-order valence-electron chi connectivity index (χ4n) is 2.14. The summed E-state index contributed by atoms with van der Waals surface area (Å²) >= 11 is 0. The number of nitrogens with one attached hydrogen (secondary N) is 2. The lowest BCUT2D eigenvalue weighted by atomic mass is 10.2. The lowest BCUT2D eigenvalue weighted by Gasteiger charge is -2.26. The summed E-state index contributed by atoms with van der Waals surface area (Å²) in [6.07, 6.45) is 1.68. The molecule has 1 aromatic heterocycles. The van der Waals surface area contributed by atoms with Gasteiger partial charge in [0.2, 0.25) is 10.0 Å².